The van der Waals surface area contributed by atoms with Crippen LogP contribution in [0, 0.1) is 0 Å². The van der Waals surface area contributed by atoms with E-state index in [1.807, 2.05) is 57.3 Å². The van der Waals surface area contributed by atoms with E-state index in [2.05, 4.69) is 31.0 Å². The molecule has 0 bridgehead atoms. The van der Waals surface area contributed by atoms with E-state index < -0.39 is 10.9 Å². The van der Waals surface area contributed by atoms with Crippen LogP contribution in [0.15, 0.2) is 64.6 Å². The van der Waals surface area contributed by atoms with Gasteiger partial charge in [0.2, 0.25) is 5.95 Å². The Morgan fingerprint density at radius 2 is 1.63 bits per heavy atom. The van der Waals surface area contributed by atoms with Crippen LogP contribution in [0.1, 0.15) is 20.8 Å². The van der Waals surface area contributed by atoms with E-state index in [9.17, 15) is 9.59 Å². The lowest BCUT2D eigenvalue weighted by Gasteiger charge is -2.24. The quantitative estimate of drug-likeness (QED) is 0.421. The Kier molecular flexibility index (Phi) is 4.78. The third-order valence-corrected chi connectivity index (χ3v) is 4.21. The summed E-state index contributed by atoms with van der Waals surface area (Å²) in [6.07, 6.45) is 5.15. The van der Waals surface area contributed by atoms with Crippen LogP contribution in [0.2, 0.25) is 0 Å². The van der Waals surface area contributed by atoms with Gasteiger partial charge in [-0.15, -0.1) is 0 Å². The van der Waals surface area contributed by atoms with Crippen molar-refractivity contribution in [3.8, 4) is 5.69 Å². The first-order valence-electron chi connectivity index (χ1n) is 9.39. The Bertz CT molecular complexity index is 1230. The highest BCUT2D eigenvalue weighted by Crippen LogP contribution is 2.23. The van der Waals surface area contributed by atoms with Gasteiger partial charge in [0.25, 0.3) is 10.9 Å². The van der Waals surface area contributed by atoms with Gasteiger partial charge in [-0.25, -0.2) is 9.67 Å². The molecule has 0 aliphatic carbocycles. The van der Waals surface area contributed by atoms with Crippen molar-refractivity contribution in [2.75, 3.05) is 16.0 Å². The minimum atomic E-state index is -0.566. The molecule has 4 rings (SSSR count). The Morgan fingerprint density at radius 3 is 2.30 bits per heavy atom. The van der Waals surface area contributed by atoms with Crippen molar-refractivity contribution in [3.63, 3.8) is 0 Å². The summed E-state index contributed by atoms with van der Waals surface area (Å²) in [5.74, 6) is 0.764. The third kappa shape index (κ3) is 4.04. The Morgan fingerprint density at radius 1 is 0.900 bits per heavy atom. The van der Waals surface area contributed by atoms with Crippen molar-refractivity contribution >= 4 is 28.8 Å². The van der Waals surface area contributed by atoms with Crippen LogP contribution in [-0.4, -0.2) is 25.3 Å². The lowest BCUT2D eigenvalue weighted by Crippen LogP contribution is -2.41. The van der Waals surface area contributed by atoms with E-state index in [1.165, 1.54) is 0 Å². The smallest absolute Gasteiger partial charge is 0.253 e. The summed E-state index contributed by atoms with van der Waals surface area (Å²) in [7, 11) is 0. The summed E-state index contributed by atoms with van der Waals surface area (Å²) in [5.41, 5.74) is 0.770. The molecule has 0 saturated carbocycles. The van der Waals surface area contributed by atoms with Crippen molar-refractivity contribution < 1.29 is 0 Å². The monoisotopic (exact) mass is 403 g/mol. The van der Waals surface area contributed by atoms with Crippen molar-refractivity contribution in [3.05, 3.63) is 75.4 Å². The molecule has 30 heavy (non-hydrogen) atoms. The van der Waals surface area contributed by atoms with Crippen LogP contribution in [-0.2, 0) is 0 Å². The van der Waals surface area contributed by atoms with E-state index in [0.717, 1.165) is 11.4 Å². The topological polar surface area (TPSA) is 114 Å². The molecular weight excluding hydrogens is 382 g/mol. The van der Waals surface area contributed by atoms with Gasteiger partial charge in [0.15, 0.2) is 0 Å². The van der Waals surface area contributed by atoms with Crippen LogP contribution >= 0.6 is 0 Å². The molecule has 0 unspecified atom stereocenters. The van der Waals surface area contributed by atoms with Crippen LogP contribution in [0.25, 0.3) is 5.69 Å². The fourth-order valence-electron chi connectivity index (χ4n) is 2.87. The number of rotatable bonds is 6. The SMILES string of the molecule is CC(C)(C)Nc1c(Nc2ccnc(Nc3ccc(-n4cccn4)cc3)n2)c(=O)c1=O. The zero-order chi connectivity index (χ0) is 21.3. The Labute approximate surface area is 172 Å². The average molecular weight is 403 g/mol. The minimum Gasteiger partial charge on any atom is -0.375 e. The van der Waals surface area contributed by atoms with E-state index in [-0.39, 0.29) is 16.9 Å². The van der Waals surface area contributed by atoms with Crippen LogP contribution in [0.4, 0.5) is 28.8 Å². The molecule has 0 amide bonds. The van der Waals surface area contributed by atoms with Gasteiger partial charge >= 0.3 is 0 Å². The molecule has 0 fully saturated rings. The first-order chi connectivity index (χ1) is 14.3. The zero-order valence-corrected chi connectivity index (χ0v) is 16.8. The highest BCUT2D eigenvalue weighted by atomic mass is 16.2. The molecule has 3 N–H and O–H groups in total. The zero-order valence-electron chi connectivity index (χ0n) is 16.8. The van der Waals surface area contributed by atoms with E-state index in [1.54, 1.807) is 23.1 Å². The highest BCUT2D eigenvalue weighted by molar-refractivity contribution is 5.78. The molecular formula is C21H21N7O2. The van der Waals surface area contributed by atoms with E-state index in [4.69, 9.17) is 0 Å². The number of hydrogen-bond donors (Lipinski definition) is 3. The first-order valence-corrected chi connectivity index (χ1v) is 9.39. The summed E-state index contributed by atoms with van der Waals surface area (Å²) >= 11 is 0. The molecule has 4 aromatic rings. The maximum absolute atomic E-state index is 12.0. The maximum atomic E-state index is 12.0. The van der Waals surface area contributed by atoms with Crippen molar-refractivity contribution in [2.24, 2.45) is 0 Å². The molecule has 0 saturated heterocycles. The summed E-state index contributed by atoms with van der Waals surface area (Å²) in [6.45, 7) is 5.74. The second-order valence-corrected chi connectivity index (χ2v) is 7.80. The third-order valence-electron chi connectivity index (χ3n) is 4.21. The van der Waals surface area contributed by atoms with Crippen LogP contribution < -0.4 is 26.8 Å². The molecule has 152 valence electrons. The summed E-state index contributed by atoms with van der Waals surface area (Å²) in [4.78, 5) is 32.5. The lowest BCUT2D eigenvalue weighted by atomic mass is 10.1. The number of anilines is 5. The lowest BCUT2D eigenvalue weighted by molar-refractivity contribution is 0.632. The molecule has 0 aliphatic heterocycles. The Hall–Kier alpha value is -4.01. The average Bonchev–Trinajstić information content (AvgIpc) is 3.25. The molecule has 0 spiro atoms. The first kappa shape index (κ1) is 19.3. The summed E-state index contributed by atoms with van der Waals surface area (Å²) in [6, 6.07) is 11.1. The van der Waals surface area contributed by atoms with Gasteiger partial charge < -0.3 is 16.0 Å². The van der Waals surface area contributed by atoms with E-state index in [0.29, 0.717) is 11.8 Å². The van der Waals surface area contributed by atoms with Crippen molar-refractivity contribution in [2.45, 2.75) is 26.3 Å². The largest absolute Gasteiger partial charge is 0.375 e. The predicted molar refractivity (Wildman–Crippen MR) is 117 cm³/mol. The fourth-order valence-corrected chi connectivity index (χ4v) is 2.87. The second-order valence-electron chi connectivity index (χ2n) is 7.80. The van der Waals surface area contributed by atoms with Gasteiger partial charge in [-0.1, -0.05) is 0 Å². The summed E-state index contributed by atoms with van der Waals surface area (Å²) < 4.78 is 1.76. The maximum Gasteiger partial charge on any atom is 0.253 e. The van der Waals surface area contributed by atoms with Gasteiger partial charge in [0.1, 0.15) is 17.2 Å². The highest BCUT2D eigenvalue weighted by Gasteiger charge is 2.25. The van der Waals surface area contributed by atoms with Gasteiger partial charge in [-0.3, -0.25) is 9.59 Å². The number of hydrogen-bond acceptors (Lipinski definition) is 8. The molecule has 2 aromatic carbocycles. The van der Waals surface area contributed by atoms with Crippen LogP contribution in [0.5, 0.6) is 0 Å². The van der Waals surface area contributed by atoms with Crippen molar-refractivity contribution in [1.29, 1.82) is 0 Å². The second kappa shape index (κ2) is 7.43. The molecule has 9 nitrogen and oxygen atoms in total. The number of benzene rings is 1. The van der Waals surface area contributed by atoms with Gasteiger partial charge in [-0.2, -0.15) is 10.1 Å². The normalized spacial score (nSPS) is 11.4. The minimum absolute atomic E-state index is 0.211. The van der Waals surface area contributed by atoms with Crippen LogP contribution in [0.3, 0.4) is 0 Å². The fraction of sp³-hybridized carbons (Fsp3) is 0.190. The van der Waals surface area contributed by atoms with E-state index >= 15 is 0 Å². The van der Waals surface area contributed by atoms with Gasteiger partial charge in [-0.05, 0) is 57.2 Å². The molecule has 0 radical (unpaired) electrons. The molecule has 2 aromatic heterocycles. The predicted octanol–water partition coefficient (Wildman–Crippen LogP) is 2.96. The number of nitrogens with one attached hydrogen (secondary N) is 3. The standard InChI is InChI=1S/C21H21N7O2/c1-21(2,3)27-17-16(18(29)19(17)30)25-15-9-11-22-20(26-15)24-13-5-7-14(8-6-13)28-12-4-10-23-28/h4-12,27H,1-3H3,(H2,22,24,25,26). The van der Waals surface area contributed by atoms with Gasteiger partial charge in [0.05, 0.1) is 5.69 Å². The molecule has 0 aliphatic rings. The molecule has 2 heterocycles. The number of nitrogens with zero attached hydrogens (tertiary/aromatic N) is 4. The molecule has 0 atom stereocenters. The van der Waals surface area contributed by atoms with Gasteiger partial charge in [0, 0.05) is 29.8 Å². The Balaban J connectivity index is 1.50. The van der Waals surface area contributed by atoms with Crippen molar-refractivity contribution in [1.82, 2.24) is 19.7 Å². The molecule has 9 heteroatoms. The summed E-state index contributed by atoms with van der Waals surface area (Å²) in [5, 5.41) is 13.3. The number of aromatic nitrogens is 4.